The van der Waals surface area contributed by atoms with Gasteiger partial charge >= 0.3 is 0 Å². The number of hydrogen-bond acceptors (Lipinski definition) is 1. The van der Waals surface area contributed by atoms with E-state index in [0.29, 0.717) is 0 Å². The Balaban J connectivity index is 3.05. The molecular formula is C7H14O. The quantitative estimate of drug-likeness (QED) is 0.554. The molecule has 0 radical (unpaired) electrons. The second kappa shape index (κ2) is 3.67. The Morgan fingerprint density at radius 2 is 2.25 bits per heavy atom. The highest BCUT2D eigenvalue weighted by Gasteiger charge is 1.93. The van der Waals surface area contributed by atoms with E-state index >= 15 is 0 Å². The van der Waals surface area contributed by atoms with Gasteiger partial charge in [-0.05, 0) is 26.7 Å². The van der Waals surface area contributed by atoms with Crippen molar-refractivity contribution in [2.24, 2.45) is 0 Å². The molecule has 0 unspecified atom stereocenters. The highest BCUT2D eigenvalue weighted by Crippen LogP contribution is 2.02. The summed E-state index contributed by atoms with van der Waals surface area (Å²) in [7, 11) is 0. The molecule has 1 nitrogen and oxygen atoms in total. The molecule has 0 aliphatic rings. The van der Waals surface area contributed by atoms with Gasteiger partial charge in [0, 0.05) is 0 Å². The second-order valence-electron chi connectivity index (χ2n) is 2.34. The van der Waals surface area contributed by atoms with Crippen molar-refractivity contribution in [3.63, 3.8) is 0 Å². The van der Waals surface area contributed by atoms with Crippen LogP contribution in [-0.2, 0) is 0 Å². The van der Waals surface area contributed by atoms with Crippen LogP contribution in [0.2, 0.25) is 0 Å². The molecule has 0 aliphatic heterocycles. The smallest absolute Gasteiger partial charge is 0.0515 e. The van der Waals surface area contributed by atoms with Crippen molar-refractivity contribution in [3.8, 4) is 0 Å². The van der Waals surface area contributed by atoms with Crippen LogP contribution in [0.1, 0.15) is 26.7 Å². The van der Waals surface area contributed by atoms with Gasteiger partial charge < -0.3 is 5.11 Å². The van der Waals surface area contributed by atoms with E-state index in [4.69, 9.17) is 5.11 Å². The van der Waals surface area contributed by atoms with Gasteiger partial charge in [0.2, 0.25) is 0 Å². The van der Waals surface area contributed by atoms with Crippen molar-refractivity contribution in [2.45, 2.75) is 32.8 Å². The van der Waals surface area contributed by atoms with Gasteiger partial charge in [0.1, 0.15) is 0 Å². The lowest BCUT2D eigenvalue weighted by molar-refractivity contribution is 0.185. The van der Waals surface area contributed by atoms with Crippen LogP contribution in [-0.4, -0.2) is 11.2 Å². The van der Waals surface area contributed by atoms with Crippen LogP contribution in [0.5, 0.6) is 0 Å². The minimum absolute atomic E-state index is 0.174. The largest absolute Gasteiger partial charge is 0.393 e. The molecule has 48 valence electrons. The minimum Gasteiger partial charge on any atom is -0.393 e. The highest BCUT2D eigenvalue weighted by molar-refractivity contribution is 4.87. The van der Waals surface area contributed by atoms with Crippen molar-refractivity contribution >= 4 is 0 Å². The molecule has 0 saturated carbocycles. The maximum atomic E-state index is 8.76. The Bertz CT molecular complexity index is 74.5. The lowest BCUT2D eigenvalue weighted by atomic mass is 10.1. The minimum atomic E-state index is -0.174. The molecule has 1 heteroatoms. The molecule has 0 rings (SSSR count). The fourth-order valence-corrected chi connectivity index (χ4v) is 0.455. The van der Waals surface area contributed by atoms with E-state index in [2.05, 4.69) is 6.58 Å². The van der Waals surface area contributed by atoms with Crippen molar-refractivity contribution < 1.29 is 5.11 Å². The summed E-state index contributed by atoms with van der Waals surface area (Å²) in [6, 6.07) is 0. The first-order chi connectivity index (χ1) is 3.63. The van der Waals surface area contributed by atoms with E-state index in [-0.39, 0.29) is 6.10 Å². The molecule has 0 aromatic heterocycles. The third-order valence-corrected chi connectivity index (χ3v) is 0.989. The standard InChI is InChI=1S/C7H14O/c1-6(2)4-5-7(3)8/h7-8H,1,4-5H2,2-3H3/t7-/m1/s1. The summed E-state index contributed by atoms with van der Waals surface area (Å²) in [5.41, 5.74) is 1.14. The van der Waals surface area contributed by atoms with Crippen molar-refractivity contribution in [2.75, 3.05) is 0 Å². The summed E-state index contributed by atoms with van der Waals surface area (Å²) in [4.78, 5) is 0. The van der Waals surface area contributed by atoms with Gasteiger partial charge in [0.05, 0.1) is 6.10 Å². The van der Waals surface area contributed by atoms with Crippen LogP contribution in [0.25, 0.3) is 0 Å². The number of rotatable bonds is 3. The van der Waals surface area contributed by atoms with E-state index in [1.165, 1.54) is 0 Å². The Morgan fingerprint density at radius 1 is 1.75 bits per heavy atom. The van der Waals surface area contributed by atoms with Crippen molar-refractivity contribution in [1.29, 1.82) is 0 Å². The van der Waals surface area contributed by atoms with Crippen LogP contribution in [0.15, 0.2) is 12.2 Å². The number of hydrogen-bond donors (Lipinski definition) is 1. The molecule has 0 amide bonds. The summed E-state index contributed by atoms with van der Waals surface area (Å²) in [5.74, 6) is 0. The monoisotopic (exact) mass is 114 g/mol. The predicted molar refractivity (Wildman–Crippen MR) is 35.7 cm³/mol. The van der Waals surface area contributed by atoms with Crippen LogP contribution in [0.4, 0.5) is 0 Å². The molecule has 1 atom stereocenters. The first-order valence-corrected chi connectivity index (χ1v) is 2.95. The Hall–Kier alpha value is -0.300. The molecular weight excluding hydrogens is 100 g/mol. The summed E-state index contributed by atoms with van der Waals surface area (Å²) in [6.45, 7) is 7.49. The Kier molecular flexibility index (Phi) is 3.53. The summed E-state index contributed by atoms with van der Waals surface area (Å²) in [5, 5.41) is 8.76. The topological polar surface area (TPSA) is 20.2 Å². The maximum absolute atomic E-state index is 8.76. The first-order valence-electron chi connectivity index (χ1n) is 2.95. The normalized spacial score (nSPS) is 13.4. The van der Waals surface area contributed by atoms with Gasteiger partial charge in [-0.1, -0.05) is 5.57 Å². The van der Waals surface area contributed by atoms with Gasteiger partial charge in [-0.3, -0.25) is 0 Å². The molecule has 0 spiro atoms. The summed E-state index contributed by atoms with van der Waals surface area (Å²) < 4.78 is 0. The fraction of sp³-hybridized carbons (Fsp3) is 0.714. The maximum Gasteiger partial charge on any atom is 0.0515 e. The highest BCUT2D eigenvalue weighted by atomic mass is 16.3. The predicted octanol–water partition coefficient (Wildman–Crippen LogP) is 1.72. The van der Waals surface area contributed by atoms with Crippen LogP contribution < -0.4 is 0 Å². The molecule has 0 bridgehead atoms. The Labute approximate surface area is 51.0 Å². The molecule has 0 aliphatic carbocycles. The average molecular weight is 114 g/mol. The SMILES string of the molecule is C=C(C)CC[C@@H](C)O. The molecule has 0 aromatic carbocycles. The van der Waals surface area contributed by atoms with E-state index in [1.807, 2.05) is 6.92 Å². The number of aliphatic hydroxyl groups excluding tert-OH is 1. The van der Waals surface area contributed by atoms with Gasteiger partial charge in [0.15, 0.2) is 0 Å². The zero-order chi connectivity index (χ0) is 6.57. The molecule has 8 heavy (non-hydrogen) atoms. The van der Waals surface area contributed by atoms with Gasteiger partial charge in [-0.15, -0.1) is 6.58 Å². The van der Waals surface area contributed by atoms with E-state index in [1.54, 1.807) is 6.92 Å². The fourth-order valence-electron chi connectivity index (χ4n) is 0.455. The zero-order valence-electron chi connectivity index (χ0n) is 5.65. The summed E-state index contributed by atoms with van der Waals surface area (Å²) in [6.07, 6.45) is 1.61. The van der Waals surface area contributed by atoms with Crippen LogP contribution in [0, 0.1) is 0 Å². The lowest BCUT2D eigenvalue weighted by Gasteiger charge is -2.00. The molecule has 0 saturated heterocycles. The van der Waals surface area contributed by atoms with Crippen LogP contribution in [0.3, 0.4) is 0 Å². The number of aliphatic hydroxyl groups is 1. The summed E-state index contributed by atoms with van der Waals surface area (Å²) >= 11 is 0. The lowest BCUT2D eigenvalue weighted by Crippen LogP contribution is -1.98. The molecule has 1 N–H and O–H groups in total. The number of allylic oxidation sites excluding steroid dienone is 1. The van der Waals surface area contributed by atoms with E-state index < -0.39 is 0 Å². The van der Waals surface area contributed by atoms with Gasteiger partial charge in [-0.2, -0.15) is 0 Å². The van der Waals surface area contributed by atoms with E-state index in [0.717, 1.165) is 18.4 Å². The molecule has 0 fully saturated rings. The van der Waals surface area contributed by atoms with E-state index in [9.17, 15) is 0 Å². The van der Waals surface area contributed by atoms with Crippen molar-refractivity contribution in [3.05, 3.63) is 12.2 Å². The third kappa shape index (κ3) is 5.70. The molecule has 0 heterocycles. The molecule has 0 aromatic rings. The first kappa shape index (κ1) is 7.70. The Morgan fingerprint density at radius 3 is 2.38 bits per heavy atom. The van der Waals surface area contributed by atoms with Crippen LogP contribution >= 0.6 is 0 Å². The van der Waals surface area contributed by atoms with Gasteiger partial charge in [-0.25, -0.2) is 0 Å². The average Bonchev–Trinajstić information content (AvgIpc) is 1.61. The zero-order valence-corrected chi connectivity index (χ0v) is 5.65. The second-order valence-corrected chi connectivity index (χ2v) is 2.34. The third-order valence-electron chi connectivity index (χ3n) is 0.989. The van der Waals surface area contributed by atoms with Crippen molar-refractivity contribution in [1.82, 2.24) is 0 Å². The van der Waals surface area contributed by atoms with Gasteiger partial charge in [0.25, 0.3) is 0 Å².